The summed E-state index contributed by atoms with van der Waals surface area (Å²) in [4.78, 5) is 6.82. The molecule has 174 valence electrons. The van der Waals surface area contributed by atoms with Gasteiger partial charge in [0.1, 0.15) is 0 Å². The minimum Gasteiger partial charge on any atom is -0.490 e. The molecular weight excluding hydrogens is 509 g/mol. The van der Waals surface area contributed by atoms with Gasteiger partial charge in [-0.2, -0.15) is 0 Å². The van der Waals surface area contributed by atoms with E-state index in [9.17, 15) is 0 Å². The van der Waals surface area contributed by atoms with Crippen LogP contribution in [0.1, 0.15) is 44.1 Å². The summed E-state index contributed by atoms with van der Waals surface area (Å²) in [6.07, 6.45) is 7.14. The minimum absolute atomic E-state index is 0. The Morgan fingerprint density at radius 1 is 1.10 bits per heavy atom. The highest BCUT2D eigenvalue weighted by Gasteiger charge is 2.24. The molecule has 3 aliphatic rings. The van der Waals surface area contributed by atoms with Crippen molar-refractivity contribution in [2.24, 2.45) is 4.99 Å². The second-order valence-electron chi connectivity index (χ2n) is 8.20. The monoisotopic (exact) mass is 545 g/mol. The zero-order valence-electron chi connectivity index (χ0n) is 18.5. The molecule has 0 spiro atoms. The lowest BCUT2D eigenvalue weighted by molar-refractivity contribution is -0.0721. The molecule has 1 atom stereocenters. The molecule has 31 heavy (non-hydrogen) atoms. The fraction of sp³-hybridized carbons (Fsp3) is 0.696. The minimum atomic E-state index is 0. The number of fused-ring (bicyclic) bond motifs is 1. The Hall–Kier alpha value is -1.26. The van der Waals surface area contributed by atoms with Gasteiger partial charge in [-0.1, -0.05) is 12.1 Å². The molecule has 1 aromatic rings. The Labute approximate surface area is 202 Å². The van der Waals surface area contributed by atoms with Crippen molar-refractivity contribution in [2.45, 2.75) is 57.3 Å². The number of nitrogens with zero attached hydrogens (tertiary/aromatic N) is 2. The van der Waals surface area contributed by atoms with Gasteiger partial charge in [-0.15, -0.1) is 24.0 Å². The Morgan fingerprint density at radius 3 is 2.71 bits per heavy atom. The van der Waals surface area contributed by atoms with E-state index in [2.05, 4.69) is 21.3 Å². The lowest BCUT2D eigenvalue weighted by atomic mass is 10.1. The van der Waals surface area contributed by atoms with Crippen molar-refractivity contribution in [3.05, 3.63) is 23.8 Å². The highest BCUT2D eigenvalue weighted by atomic mass is 127. The van der Waals surface area contributed by atoms with Crippen LogP contribution in [0.3, 0.4) is 0 Å². The first kappa shape index (κ1) is 24.4. The van der Waals surface area contributed by atoms with Gasteiger partial charge >= 0.3 is 0 Å². The second kappa shape index (κ2) is 12.7. The Balaban J connectivity index is 0.00000272. The third-order valence-corrected chi connectivity index (χ3v) is 6.04. The molecule has 7 nitrogen and oxygen atoms in total. The molecule has 1 aromatic carbocycles. The molecule has 8 heteroatoms. The van der Waals surface area contributed by atoms with Crippen LogP contribution in [0.25, 0.3) is 0 Å². The molecule has 0 bridgehead atoms. The normalized spacial score (nSPS) is 22.4. The summed E-state index contributed by atoms with van der Waals surface area (Å²) in [5.41, 5.74) is 1.10. The van der Waals surface area contributed by atoms with Crippen LogP contribution < -0.4 is 14.8 Å². The molecule has 3 heterocycles. The van der Waals surface area contributed by atoms with Gasteiger partial charge < -0.3 is 29.2 Å². The predicted molar refractivity (Wildman–Crippen MR) is 132 cm³/mol. The molecule has 0 radical (unpaired) electrons. The summed E-state index contributed by atoms with van der Waals surface area (Å²) in [5, 5.41) is 3.50. The van der Waals surface area contributed by atoms with E-state index < -0.39 is 0 Å². The molecule has 2 saturated heterocycles. The van der Waals surface area contributed by atoms with Crippen molar-refractivity contribution in [1.29, 1.82) is 0 Å². The molecule has 1 N–H and O–H groups in total. The van der Waals surface area contributed by atoms with E-state index in [1.807, 2.05) is 19.2 Å². The van der Waals surface area contributed by atoms with E-state index in [0.29, 0.717) is 32.0 Å². The zero-order chi connectivity index (χ0) is 20.6. The van der Waals surface area contributed by atoms with Crippen molar-refractivity contribution in [1.82, 2.24) is 10.2 Å². The highest BCUT2D eigenvalue weighted by Crippen LogP contribution is 2.33. The quantitative estimate of drug-likeness (QED) is 0.347. The van der Waals surface area contributed by atoms with Gasteiger partial charge in [-0.3, -0.25) is 4.99 Å². The summed E-state index contributed by atoms with van der Waals surface area (Å²) >= 11 is 0. The molecule has 0 aliphatic carbocycles. The van der Waals surface area contributed by atoms with Gasteiger partial charge in [-0.05, 0) is 38.2 Å². The van der Waals surface area contributed by atoms with Crippen molar-refractivity contribution in [2.75, 3.05) is 46.6 Å². The van der Waals surface area contributed by atoms with Crippen molar-refractivity contribution in [3.63, 3.8) is 0 Å². The van der Waals surface area contributed by atoms with Gasteiger partial charge in [0.2, 0.25) is 0 Å². The van der Waals surface area contributed by atoms with Crippen molar-refractivity contribution < 1.29 is 18.9 Å². The summed E-state index contributed by atoms with van der Waals surface area (Å²) in [6.45, 7) is 5.57. The molecule has 1 unspecified atom stereocenters. The number of nitrogens with one attached hydrogen (secondary N) is 1. The number of hydrogen-bond acceptors (Lipinski definition) is 5. The number of halogens is 1. The first-order valence-electron chi connectivity index (χ1n) is 11.4. The van der Waals surface area contributed by atoms with E-state index in [1.54, 1.807) is 0 Å². The van der Waals surface area contributed by atoms with Crippen LogP contribution >= 0.6 is 24.0 Å². The summed E-state index contributed by atoms with van der Waals surface area (Å²) < 4.78 is 23.7. The van der Waals surface area contributed by atoms with E-state index in [4.69, 9.17) is 18.9 Å². The molecular formula is C23H36IN3O4. The lowest BCUT2D eigenvalue weighted by Crippen LogP contribution is -2.47. The average Bonchev–Trinajstić information content (AvgIpc) is 3.06. The maximum Gasteiger partial charge on any atom is 0.193 e. The summed E-state index contributed by atoms with van der Waals surface area (Å²) in [6, 6.07) is 6.08. The SMILES string of the molecule is CN=C(NCc1cccc2c1OCCCO2)N1CCC(OCC2CCCCO2)CC1.I. The van der Waals surface area contributed by atoms with Crippen LogP contribution in [0.15, 0.2) is 23.2 Å². The lowest BCUT2D eigenvalue weighted by Gasteiger charge is -2.35. The summed E-state index contributed by atoms with van der Waals surface area (Å²) in [7, 11) is 1.84. The number of para-hydroxylation sites is 1. The Bertz CT molecular complexity index is 704. The van der Waals surface area contributed by atoms with E-state index in [-0.39, 0.29) is 24.0 Å². The number of ether oxygens (including phenoxy) is 4. The number of likely N-dealkylation sites (tertiary alicyclic amines) is 1. The van der Waals surface area contributed by atoms with Gasteiger partial charge in [0.25, 0.3) is 0 Å². The fourth-order valence-corrected chi connectivity index (χ4v) is 4.32. The predicted octanol–water partition coefficient (Wildman–Crippen LogP) is 3.59. The first-order valence-corrected chi connectivity index (χ1v) is 11.4. The van der Waals surface area contributed by atoms with E-state index in [1.165, 1.54) is 12.8 Å². The number of hydrogen-bond donors (Lipinski definition) is 1. The highest BCUT2D eigenvalue weighted by molar-refractivity contribution is 14.0. The number of guanidine groups is 1. The van der Waals surface area contributed by atoms with Gasteiger partial charge in [0.05, 0.1) is 32.0 Å². The van der Waals surface area contributed by atoms with Gasteiger partial charge in [-0.25, -0.2) is 0 Å². The van der Waals surface area contributed by atoms with Gasteiger partial charge in [0, 0.05) is 45.3 Å². The zero-order valence-corrected chi connectivity index (χ0v) is 20.8. The molecule has 2 fully saturated rings. The van der Waals surface area contributed by atoms with Crippen LogP contribution in [0, 0.1) is 0 Å². The van der Waals surface area contributed by atoms with E-state index >= 15 is 0 Å². The maximum atomic E-state index is 6.15. The standard InChI is InChI=1S/C23H35N3O4.HI/c1-24-23(25-16-18-6-4-8-21-22(18)29-15-5-14-28-21)26-11-9-19(10-12-26)30-17-20-7-2-3-13-27-20;/h4,6,8,19-20H,2-3,5,7,9-17H2,1H3,(H,24,25);1H. The fourth-order valence-electron chi connectivity index (χ4n) is 4.32. The van der Waals surface area contributed by atoms with Gasteiger partial charge in [0.15, 0.2) is 17.5 Å². The Kier molecular flexibility index (Phi) is 9.98. The number of piperidine rings is 1. The van der Waals surface area contributed by atoms with Crippen LogP contribution in [-0.4, -0.2) is 69.6 Å². The average molecular weight is 545 g/mol. The summed E-state index contributed by atoms with van der Waals surface area (Å²) in [5.74, 6) is 2.62. The maximum absolute atomic E-state index is 6.15. The van der Waals surface area contributed by atoms with Crippen LogP contribution in [-0.2, 0) is 16.0 Å². The van der Waals surface area contributed by atoms with Crippen LogP contribution in [0.5, 0.6) is 11.5 Å². The third-order valence-electron chi connectivity index (χ3n) is 6.04. The smallest absolute Gasteiger partial charge is 0.193 e. The molecule has 0 saturated carbocycles. The topological polar surface area (TPSA) is 64.6 Å². The van der Waals surface area contributed by atoms with E-state index in [0.717, 1.165) is 75.0 Å². The third kappa shape index (κ3) is 6.86. The number of aliphatic imine (C=N–C) groups is 1. The second-order valence-corrected chi connectivity index (χ2v) is 8.20. The molecule has 4 rings (SSSR count). The molecule has 0 amide bonds. The van der Waals surface area contributed by atoms with Crippen LogP contribution in [0.2, 0.25) is 0 Å². The largest absolute Gasteiger partial charge is 0.490 e. The van der Waals surface area contributed by atoms with Crippen LogP contribution in [0.4, 0.5) is 0 Å². The Morgan fingerprint density at radius 2 is 1.94 bits per heavy atom. The molecule has 3 aliphatic heterocycles. The number of benzene rings is 1. The molecule has 0 aromatic heterocycles. The van der Waals surface area contributed by atoms with Crippen molar-refractivity contribution >= 4 is 29.9 Å². The first-order chi connectivity index (χ1) is 14.8. The van der Waals surface area contributed by atoms with Crippen molar-refractivity contribution in [3.8, 4) is 11.5 Å². The number of rotatable bonds is 5.